The Morgan fingerprint density at radius 3 is 2.58 bits per heavy atom. The lowest BCUT2D eigenvalue weighted by Gasteiger charge is -2.22. The number of anilines is 1. The van der Waals surface area contributed by atoms with E-state index >= 15 is 0 Å². The van der Waals surface area contributed by atoms with Crippen LogP contribution in [-0.4, -0.2) is 33.9 Å². The van der Waals surface area contributed by atoms with Crippen LogP contribution in [0.2, 0.25) is 0 Å². The summed E-state index contributed by atoms with van der Waals surface area (Å²) in [7, 11) is 1.55. The van der Waals surface area contributed by atoms with Crippen molar-refractivity contribution in [2.45, 2.75) is 13.0 Å². The van der Waals surface area contributed by atoms with Gasteiger partial charge in [0.25, 0.3) is 5.78 Å². The van der Waals surface area contributed by atoms with Gasteiger partial charge in [-0.15, -0.1) is 0 Å². The summed E-state index contributed by atoms with van der Waals surface area (Å²) in [6.45, 7) is 1.80. The fourth-order valence-corrected chi connectivity index (χ4v) is 4.98. The largest absolute Gasteiger partial charge is 0.507 e. The Labute approximate surface area is 193 Å². The molecule has 1 atom stereocenters. The van der Waals surface area contributed by atoms with E-state index in [9.17, 15) is 14.7 Å². The van der Waals surface area contributed by atoms with Crippen LogP contribution in [0.3, 0.4) is 0 Å². The van der Waals surface area contributed by atoms with E-state index < -0.39 is 17.7 Å². The summed E-state index contributed by atoms with van der Waals surface area (Å²) in [6.07, 6.45) is 1.59. The summed E-state index contributed by atoms with van der Waals surface area (Å²) in [5.74, 6) is -1.16. The molecule has 2 aromatic carbocycles. The first-order valence-electron chi connectivity index (χ1n) is 10.2. The van der Waals surface area contributed by atoms with Crippen molar-refractivity contribution in [3.05, 3.63) is 89.3 Å². The molecule has 33 heavy (non-hydrogen) atoms. The number of hydrogen-bond acceptors (Lipinski definition) is 7. The summed E-state index contributed by atoms with van der Waals surface area (Å²) in [5.41, 5.74) is 2.32. The zero-order valence-corrected chi connectivity index (χ0v) is 18.7. The first-order valence-corrected chi connectivity index (χ1v) is 11.0. The van der Waals surface area contributed by atoms with Gasteiger partial charge in [-0.1, -0.05) is 29.5 Å². The molecule has 5 rings (SSSR count). The van der Waals surface area contributed by atoms with Crippen LogP contribution in [0.4, 0.5) is 5.13 Å². The van der Waals surface area contributed by atoms with E-state index in [4.69, 9.17) is 4.74 Å². The highest BCUT2D eigenvalue weighted by molar-refractivity contribution is 7.22. The maximum absolute atomic E-state index is 13.3. The predicted molar refractivity (Wildman–Crippen MR) is 126 cm³/mol. The van der Waals surface area contributed by atoms with Crippen LogP contribution < -0.4 is 9.64 Å². The summed E-state index contributed by atoms with van der Waals surface area (Å²) in [4.78, 5) is 36.8. The number of aliphatic hydroxyl groups is 1. The lowest BCUT2D eigenvalue weighted by Crippen LogP contribution is -2.29. The molecule has 1 aliphatic heterocycles. The number of aromatic nitrogens is 2. The SMILES string of the molecule is COc1ccc(/C(O)=C2\C(=O)C(=O)N(c3nc4ccccc4s3)C2c2ccccn2)c(C)c1. The highest BCUT2D eigenvalue weighted by Gasteiger charge is 2.48. The van der Waals surface area contributed by atoms with Crippen molar-refractivity contribution in [1.29, 1.82) is 0 Å². The van der Waals surface area contributed by atoms with E-state index in [0.717, 1.165) is 10.2 Å². The number of ketones is 1. The predicted octanol–water partition coefficient (Wildman–Crippen LogP) is 4.63. The topological polar surface area (TPSA) is 92.6 Å². The van der Waals surface area contributed by atoms with Gasteiger partial charge in [-0.3, -0.25) is 19.5 Å². The fourth-order valence-electron chi connectivity index (χ4n) is 3.98. The molecule has 1 aliphatic rings. The van der Waals surface area contributed by atoms with Crippen molar-refractivity contribution < 1.29 is 19.4 Å². The molecule has 1 saturated heterocycles. The van der Waals surface area contributed by atoms with E-state index in [-0.39, 0.29) is 11.3 Å². The molecule has 1 amide bonds. The number of carbonyl (C=O) groups excluding carboxylic acids is 2. The maximum atomic E-state index is 13.3. The van der Waals surface area contributed by atoms with E-state index in [1.165, 1.54) is 16.2 Å². The number of fused-ring (bicyclic) bond motifs is 1. The average Bonchev–Trinajstić information content (AvgIpc) is 3.37. The Kier molecular flexibility index (Phi) is 5.14. The Bertz CT molecular complexity index is 1400. The van der Waals surface area contributed by atoms with Crippen molar-refractivity contribution in [3.8, 4) is 5.75 Å². The number of Topliss-reactive ketones (excluding diaryl/α,β-unsaturated/α-hetero) is 1. The van der Waals surface area contributed by atoms with Gasteiger partial charge in [0.15, 0.2) is 5.13 Å². The average molecular weight is 458 g/mol. The van der Waals surface area contributed by atoms with E-state index in [1.54, 1.807) is 56.6 Å². The van der Waals surface area contributed by atoms with Gasteiger partial charge in [0.05, 0.1) is 28.6 Å². The lowest BCUT2D eigenvalue weighted by molar-refractivity contribution is -0.132. The van der Waals surface area contributed by atoms with E-state index in [1.807, 2.05) is 24.3 Å². The molecule has 3 heterocycles. The van der Waals surface area contributed by atoms with Gasteiger partial charge < -0.3 is 9.84 Å². The molecule has 1 fully saturated rings. The van der Waals surface area contributed by atoms with Gasteiger partial charge in [0, 0.05) is 11.8 Å². The van der Waals surface area contributed by atoms with Crippen LogP contribution in [0.5, 0.6) is 5.75 Å². The van der Waals surface area contributed by atoms with Gasteiger partial charge in [-0.05, 0) is 55.0 Å². The third-order valence-corrected chi connectivity index (χ3v) is 6.63. The number of aliphatic hydroxyl groups excluding tert-OH is 1. The zero-order chi connectivity index (χ0) is 23.1. The monoisotopic (exact) mass is 457 g/mol. The summed E-state index contributed by atoms with van der Waals surface area (Å²) in [6, 6.07) is 17.0. The minimum Gasteiger partial charge on any atom is -0.507 e. The Hall–Kier alpha value is -4.04. The maximum Gasteiger partial charge on any atom is 0.301 e. The van der Waals surface area contributed by atoms with Crippen molar-refractivity contribution in [2.24, 2.45) is 0 Å². The van der Waals surface area contributed by atoms with Gasteiger partial charge in [-0.2, -0.15) is 0 Å². The number of hydrogen-bond donors (Lipinski definition) is 1. The highest BCUT2D eigenvalue weighted by Crippen LogP contribution is 2.44. The molecule has 1 unspecified atom stereocenters. The standard InChI is InChI=1S/C25H19N3O4S/c1-14-13-15(32-2)10-11-16(14)22(29)20-21(18-8-5-6-12-26-18)28(24(31)23(20)30)25-27-17-7-3-4-9-19(17)33-25/h3-13,21,29H,1-2H3/b22-20+. The number of pyridine rings is 1. The number of nitrogens with zero attached hydrogens (tertiary/aromatic N) is 3. The van der Waals surface area contributed by atoms with Crippen LogP contribution in [0.25, 0.3) is 16.0 Å². The third-order valence-electron chi connectivity index (χ3n) is 5.59. The number of carbonyl (C=O) groups is 2. The van der Waals surface area contributed by atoms with Crippen molar-refractivity contribution >= 4 is 44.1 Å². The van der Waals surface area contributed by atoms with E-state index in [2.05, 4.69) is 9.97 Å². The van der Waals surface area contributed by atoms with E-state index in [0.29, 0.717) is 27.7 Å². The number of benzene rings is 2. The molecule has 1 N–H and O–H groups in total. The van der Waals surface area contributed by atoms with Crippen molar-refractivity contribution in [3.63, 3.8) is 0 Å². The normalized spacial score (nSPS) is 17.6. The molecule has 4 aromatic rings. The number of amides is 1. The molecule has 0 bridgehead atoms. The Morgan fingerprint density at radius 1 is 1.09 bits per heavy atom. The molecule has 2 aromatic heterocycles. The molecule has 0 spiro atoms. The quantitative estimate of drug-likeness (QED) is 0.273. The Morgan fingerprint density at radius 2 is 1.88 bits per heavy atom. The summed E-state index contributed by atoms with van der Waals surface area (Å²) >= 11 is 1.31. The van der Waals surface area contributed by atoms with Crippen LogP contribution in [0.1, 0.15) is 22.9 Å². The number of aryl methyl sites for hydroxylation is 1. The molecule has 164 valence electrons. The fraction of sp³-hybridized carbons (Fsp3) is 0.120. The molecule has 8 heteroatoms. The number of para-hydroxylation sites is 1. The lowest BCUT2D eigenvalue weighted by atomic mass is 9.96. The van der Waals surface area contributed by atoms with Crippen LogP contribution in [0.15, 0.2) is 72.4 Å². The molecule has 0 saturated carbocycles. The summed E-state index contributed by atoms with van der Waals surface area (Å²) in [5, 5.41) is 11.7. The molecular weight excluding hydrogens is 438 g/mol. The molecule has 0 radical (unpaired) electrons. The molecule has 7 nitrogen and oxygen atoms in total. The van der Waals surface area contributed by atoms with Gasteiger partial charge in [-0.25, -0.2) is 4.98 Å². The number of thiazole rings is 1. The third kappa shape index (κ3) is 3.44. The first-order chi connectivity index (χ1) is 16.0. The van der Waals surface area contributed by atoms with Gasteiger partial charge >= 0.3 is 5.91 Å². The van der Waals surface area contributed by atoms with Crippen molar-refractivity contribution in [1.82, 2.24) is 9.97 Å². The molecular formula is C25H19N3O4S. The number of methoxy groups -OCH3 is 1. The summed E-state index contributed by atoms with van der Waals surface area (Å²) < 4.78 is 6.13. The second kappa shape index (κ2) is 8.14. The Balaban J connectivity index is 1.73. The van der Waals surface area contributed by atoms with Crippen molar-refractivity contribution in [2.75, 3.05) is 12.0 Å². The number of rotatable bonds is 4. The first kappa shape index (κ1) is 20.8. The van der Waals surface area contributed by atoms with Gasteiger partial charge in [0.1, 0.15) is 17.6 Å². The van der Waals surface area contributed by atoms with Crippen LogP contribution in [-0.2, 0) is 9.59 Å². The minimum atomic E-state index is -0.909. The van der Waals surface area contributed by atoms with Crippen LogP contribution >= 0.6 is 11.3 Å². The zero-order valence-electron chi connectivity index (χ0n) is 17.9. The van der Waals surface area contributed by atoms with Crippen LogP contribution in [0, 0.1) is 6.92 Å². The smallest absolute Gasteiger partial charge is 0.301 e. The molecule has 0 aliphatic carbocycles. The second-order valence-corrected chi connectivity index (χ2v) is 8.58. The van der Waals surface area contributed by atoms with Gasteiger partial charge in [0.2, 0.25) is 0 Å². The minimum absolute atomic E-state index is 0.0220. The number of ether oxygens (including phenoxy) is 1. The highest BCUT2D eigenvalue weighted by atomic mass is 32.1. The second-order valence-electron chi connectivity index (χ2n) is 7.57.